The lowest BCUT2D eigenvalue weighted by Gasteiger charge is -2.39. The Morgan fingerprint density at radius 2 is 1.76 bits per heavy atom. The molecule has 0 heterocycles. The van der Waals surface area contributed by atoms with Crippen molar-refractivity contribution in [3.05, 3.63) is 35.9 Å². The summed E-state index contributed by atoms with van der Waals surface area (Å²) in [5.41, 5.74) is 1.16. The fraction of sp³-hybridized carbons (Fsp3) is 0.579. The van der Waals surface area contributed by atoms with Gasteiger partial charge in [-0.3, -0.25) is 9.59 Å². The van der Waals surface area contributed by atoms with Gasteiger partial charge in [0, 0.05) is 6.54 Å². The molecule has 0 aliphatic heterocycles. The molecule has 0 radical (unpaired) electrons. The SMILES string of the molecule is CC(C)(C)[Si](C)(C)OC(CC(=O)O)CC(=O)NCCc1ccccc1. The second kappa shape index (κ2) is 9.15. The summed E-state index contributed by atoms with van der Waals surface area (Å²) in [6.07, 6.45) is 0.0843. The van der Waals surface area contributed by atoms with Crippen molar-refractivity contribution in [1.82, 2.24) is 5.32 Å². The smallest absolute Gasteiger partial charge is 0.305 e. The van der Waals surface area contributed by atoms with Gasteiger partial charge < -0.3 is 14.8 Å². The van der Waals surface area contributed by atoms with Gasteiger partial charge >= 0.3 is 5.97 Å². The lowest BCUT2D eigenvalue weighted by molar-refractivity contribution is -0.139. The van der Waals surface area contributed by atoms with E-state index in [2.05, 4.69) is 39.2 Å². The Morgan fingerprint density at radius 3 is 2.28 bits per heavy atom. The number of carboxylic acids is 1. The fourth-order valence-corrected chi connectivity index (χ4v) is 3.57. The fourth-order valence-electron chi connectivity index (χ4n) is 2.21. The van der Waals surface area contributed by atoms with Gasteiger partial charge in [0.25, 0.3) is 0 Å². The molecule has 0 saturated carbocycles. The number of aliphatic carboxylic acids is 1. The van der Waals surface area contributed by atoms with E-state index in [9.17, 15) is 9.59 Å². The summed E-state index contributed by atoms with van der Waals surface area (Å²) in [7, 11) is -2.13. The summed E-state index contributed by atoms with van der Waals surface area (Å²) in [4.78, 5) is 23.3. The molecule has 1 unspecified atom stereocenters. The molecule has 1 atom stereocenters. The topological polar surface area (TPSA) is 75.6 Å². The third-order valence-electron chi connectivity index (χ3n) is 4.66. The molecule has 5 nitrogen and oxygen atoms in total. The first kappa shape index (κ1) is 21.4. The highest BCUT2D eigenvalue weighted by molar-refractivity contribution is 6.74. The molecule has 0 aliphatic rings. The van der Waals surface area contributed by atoms with E-state index in [0.29, 0.717) is 6.54 Å². The van der Waals surface area contributed by atoms with Gasteiger partial charge in [-0.05, 0) is 30.1 Å². The second-order valence-corrected chi connectivity index (χ2v) is 12.6. The molecule has 0 saturated heterocycles. The van der Waals surface area contributed by atoms with Crippen molar-refractivity contribution in [1.29, 1.82) is 0 Å². The number of benzene rings is 1. The molecule has 140 valence electrons. The van der Waals surface area contributed by atoms with Crippen LogP contribution in [0.2, 0.25) is 18.1 Å². The van der Waals surface area contributed by atoms with Crippen LogP contribution in [0.5, 0.6) is 0 Å². The van der Waals surface area contributed by atoms with E-state index in [0.717, 1.165) is 12.0 Å². The van der Waals surface area contributed by atoms with Gasteiger partial charge in [-0.2, -0.15) is 0 Å². The summed E-state index contributed by atoms with van der Waals surface area (Å²) in [6, 6.07) is 9.91. The summed E-state index contributed by atoms with van der Waals surface area (Å²) < 4.78 is 6.15. The van der Waals surface area contributed by atoms with Gasteiger partial charge in [0.2, 0.25) is 5.91 Å². The molecular weight excluding hydrogens is 334 g/mol. The zero-order valence-electron chi connectivity index (χ0n) is 16.0. The molecule has 0 aliphatic carbocycles. The van der Waals surface area contributed by atoms with Gasteiger partial charge in [-0.15, -0.1) is 0 Å². The summed E-state index contributed by atoms with van der Waals surface area (Å²) in [5, 5.41) is 12.0. The third-order valence-corrected chi connectivity index (χ3v) is 9.20. The summed E-state index contributed by atoms with van der Waals surface area (Å²) in [5.74, 6) is -1.11. The van der Waals surface area contributed by atoms with Gasteiger partial charge in [-0.1, -0.05) is 51.1 Å². The first-order valence-electron chi connectivity index (χ1n) is 8.71. The van der Waals surface area contributed by atoms with Crippen LogP contribution in [0.4, 0.5) is 0 Å². The largest absolute Gasteiger partial charge is 0.481 e. The highest BCUT2D eigenvalue weighted by Crippen LogP contribution is 2.37. The molecule has 1 amide bonds. The molecule has 0 spiro atoms. The van der Waals surface area contributed by atoms with Crippen LogP contribution in [-0.2, 0) is 20.4 Å². The minimum atomic E-state index is -2.13. The molecule has 0 aromatic heterocycles. The molecule has 0 bridgehead atoms. The first-order valence-corrected chi connectivity index (χ1v) is 11.6. The molecule has 2 N–H and O–H groups in total. The van der Waals surface area contributed by atoms with E-state index in [1.165, 1.54) is 0 Å². The normalized spacial score (nSPS) is 13.3. The highest BCUT2D eigenvalue weighted by Gasteiger charge is 2.39. The molecule has 1 aromatic carbocycles. The Hall–Kier alpha value is -1.66. The van der Waals surface area contributed by atoms with E-state index >= 15 is 0 Å². The second-order valence-electron chi connectivity index (χ2n) is 7.89. The van der Waals surface area contributed by atoms with Crippen molar-refractivity contribution in [2.24, 2.45) is 0 Å². The van der Waals surface area contributed by atoms with Crippen LogP contribution < -0.4 is 5.32 Å². The standard InChI is InChI=1S/C19H31NO4Si/c1-19(2,3)25(4,5)24-16(14-18(22)23)13-17(21)20-12-11-15-9-7-6-8-10-15/h6-10,16H,11-14H2,1-5H3,(H,20,21)(H,22,23). The van der Waals surface area contributed by atoms with Gasteiger partial charge in [0.05, 0.1) is 18.9 Å². The van der Waals surface area contributed by atoms with E-state index < -0.39 is 20.4 Å². The lowest BCUT2D eigenvalue weighted by atomic mass is 10.1. The van der Waals surface area contributed by atoms with Gasteiger partial charge in [-0.25, -0.2) is 0 Å². The number of hydrogen-bond donors (Lipinski definition) is 2. The molecule has 0 fully saturated rings. The Morgan fingerprint density at radius 1 is 1.16 bits per heavy atom. The number of amides is 1. The number of hydrogen-bond acceptors (Lipinski definition) is 3. The van der Waals surface area contributed by atoms with Crippen molar-refractivity contribution in [3.63, 3.8) is 0 Å². The molecule has 6 heteroatoms. The number of carbonyl (C=O) groups excluding carboxylic acids is 1. The molecular formula is C19H31NO4Si. The van der Waals surface area contributed by atoms with E-state index in [-0.39, 0.29) is 23.8 Å². The quantitative estimate of drug-likeness (QED) is 0.656. The average molecular weight is 366 g/mol. The summed E-state index contributed by atoms with van der Waals surface area (Å²) in [6.45, 7) is 10.9. The van der Waals surface area contributed by atoms with Crippen molar-refractivity contribution in [2.45, 2.75) is 64.3 Å². The van der Waals surface area contributed by atoms with E-state index in [4.69, 9.17) is 9.53 Å². The maximum atomic E-state index is 12.2. The Balaban J connectivity index is 2.56. The van der Waals surface area contributed by atoms with Crippen molar-refractivity contribution in [3.8, 4) is 0 Å². The number of rotatable bonds is 9. The van der Waals surface area contributed by atoms with Gasteiger partial charge in [0.1, 0.15) is 0 Å². The van der Waals surface area contributed by atoms with E-state index in [1.807, 2.05) is 30.3 Å². The van der Waals surface area contributed by atoms with Crippen LogP contribution in [0.1, 0.15) is 39.2 Å². The predicted molar refractivity (Wildman–Crippen MR) is 102 cm³/mol. The van der Waals surface area contributed by atoms with Crippen LogP contribution in [0, 0.1) is 0 Å². The number of carboxylic acid groups (broad SMARTS) is 1. The maximum Gasteiger partial charge on any atom is 0.305 e. The van der Waals surface area contributed by atoms with Crippen molar-refractivity contribution < 1.29 is 19.1 Å². The zero-order valence-corrected chi connectivity index (χ0v) is 17.0. The minimum absolute atomic E-state index is 0.0342. The van der Waals surface area contributed by atoms with Crippen LogP contribution in [0.15, 0.2) is 30.3 Å². The number of nitrogens with one attached hydrogen (secondary N) is 1. The van der Waals surface area contributed by atoms with Crippen LogP contribution >= 0.6 is 0 Å². The van der Waals surface area contributed by atoms with Crippen molar-refractivity contribution >= 4 is 20.2 Å². The average Bonchev–Trinajstić information content (AvgIpc) is 2.45. The Kier molecular flexibility index (Phi) is 7.83. The molecule has 25 heavy (non-hydrogen) atoms. The third kappa shape index (κ3) is 7.84. The Labute approximate surface area is 151 Å². The maximum absolute atomic E-state index is 12.2. The highest BCUT2D eigenvalue weighted by atomic mass is 28.4. The Bertz CT molecular complexity index is 567. The number of carbonyl (C=O) groups is 2. The van der Waals surface area contributed by atoms with Crippen LogP contribution in [0.3, 0.4) is 0 Å². The molecule has 1 aromatic rings. The van der Waals surface area contributed by atoms with Gasteiger partial charge in [0.15, 0.2) is 8.32 Å². The van der Waals surface area contributed by atoms with Crippen LogP contribution in [-0.4, -0.2) is 37.9 Å². The summed E-state index contributed by atoms with van der Waals surface area (Å²) >= 11 is 0. The van der Waals surface area contributed by atoms with Crippen LogP contribution in [0.25, 0.3) is 0 Å². The van der Waals surface area contributed by atoms with E-state index in [1.54, 1.807) is 0 Å². The first-order chi connectivity index (χ1) is 11.5. The lowest BCUT2D eigenvalue weighted by Crippen LogP contribution is -2.45. The zero-order chi connectivity index (χ0) is 19.1. The monoisotopic (exact) mass is 365 g/mol. The van der Waals surface area contributed by atoms with Crippen molar-refractivity contribution in [2.75, 3.05) is 6.54 Å². The predicted octanol–water partition coefficient (Wildman–Crippen LogP) is 3.60. The molecule has 1 rings (SSSR count). The minimum Gasteiger partial charge on any atom is -0.481 e.